The number of ether oxygens (including phenoxy) is 1. The molecule has 0 unspecified atom stereocenters. The Kier molecular flexibility index (Phi) is 4.70. The summed E-state index contributed by atoms with van der Waals surface area (Å²) in [5, 5.41) is 3.03. The number of halogens is 1. The highest BCUT2D eigenvalue weighted by molar-refractivity contribution is 9.10. The van der Waals surface area contributed by atoms with Crippen molar-refractivity contribution in [1.82, 2.24) is 5.32 Å². The van der Waals surface area contributed by atoms with E-state index in [1.54, 1.807) is 0 Å². The van der Waals surface area contributed by atoms with E-state index in [1.807, 2.05) is 31.3 Å². The predicted molar refractivity (Wildman–Crippen MR) is 62.7 cm³/mol. The Balaban J connectivity index is 2.38. The first-order chi connectivity index (χ1) is 6.72. The first-order valence-electron chi connectivity index (χ1n) is 4.42. The molecule has 0 saturated heterocycles. The van der Waals surface area contributed by atoms with Crippen molar-refractivity contribution in [3.8, 4) is 5.75 Å². The number of benzene rings is 1. The molecule has 1 N–H and O–H groups in total. The Morgan fingerprint density at radius 1 is 1.43 bits per heavy atom. The van der Waals surface area contributed by atoms with E-state index >= 15 is 0 Å². The molecule has 1 aromatic carbocycles. The summed E-state index contributed by atoms with van der Waals surface area (Å²) in [5.41, 5.74) is 1.04. The molecule has 1 rings (SSSR count). The maximum absolute atomic E-state index is 5.51. The van der Waals surface area contributed by atoms with E-state index in [2.05, 4.69) is 27.8 Å². The molecule has 14 heavy (non-hydrogen) atoms. The lowest BCUT2D eigenvalue weighted by Gasteiger charge is -2.07. The van der Waals surface area contributed by atoms with Crippen LogP contribution in [0.25, 0.3) is 0 Å². The normalized spacial score (nSPS) is 9.86. The molecule has 1 aromatic rings. The van der Waals surface area contributed by atoms with Crippen LogP contribution >= 0.6 is 15.9 Å². The molecule has 0 heterocycles. The molecule has 76 valence electrons. The molecule has 3 heteroatoms. The van der Waals surface area contributed by atoms with Gasteiger partial charge in [-0.2, -0.15) is 0 Å². The highest BCUT2D eigenvalue weighted by Crippen LogP contribution is 2.16. The fourth-order valence-corrected chi connectivity index (χ4v) is 1.28. The number of rotatable bonds is 5. The summed E-state index contributed by atoms with van der Waals surface area (Å²) < 4.78 is 6.57. The second-order valence-electron chi connectivity index (χ2n) is 3.02. The summed E-state index contributed by atoms with van der Waals surface area (Å²) in [6.45, 7) is 5.23. The van der Waals surface area contributed by atoms with E-state index in [0.717, 1.165) is 22.3 Å². The Labute approximate surface area is 93.1 Å². The molecule has 2 nitrogen and oxygen atoms in total. The minimum Gasteiger partial charge on any atom is -0.489 e. The molecule has 0 aromatic heterocycles. The van der Waals surface area contributed by atoms with Crippen molar-refractivity contribution >= 4 is 15.9 Å². The Morgan fingerprint density at radius 2 is 2.07 bits per heavy atom. The smallest absolute Gasteiger partial charge is 0.119 e. The number of likely N-dealkylation sites (N-methyl/N-ethyl adjacent to an activating group) is 1. The molecule has 0 radical (unpaired) electrons. The zero-order valence-electron chi connectivity index (χ0n) is 8.22. The van der Waals surface area contributed by atoms with Crippen molar-refractivity contribution in [2.75, 3.05) is 20.2 Å². The fourth-order valence-electron chi connectivity index (χ4n) is 1.02. The van der Waals surface area contributed by atoms with Crippen molar-refractivity contribution in [3.05, 3.63) is 40.9 Å². The zero-order chi connectivity index (χ0) is 10.4. The topological polar surface area (TPSA) is 21.3 Å². The summed E-state index contributed by atoms with van der Waals surface area (Å²) in [7, 11) is 1.89. The van der Waals surface area contributed by atoms with Gasteiger partial charge in [-0.1, -0.05) is 22.5 Å². The number of nitrogens with one attached hydrogen (secondary N) is 1. The monoisotopic (exact) mass is 255 g/mol. The van der Waals surface area contributed by atoms with Crippen LogP contribution in [0.3, 0.4) is 0 Å². The molecule has 0 aliphatic rings. The Bertz CT molecular complexity index is 295. The van der Waals surface area contributed by atoms with Gasteiger partial charge >= 0.3 is 0 Å². The molecular formula is C11H14BrNO. The summed E-state index contributed by atoms with van der Waals surface area (Å²) >= 11 is 3.37. The summed E-state index contributed by atoms with van der Waals surface area (Å²) in [4.78, 5) is 0. The van der Waals surface area contributed by atoms with E-state index < -0.39 is 0 Å². The first-order valence-corrected chi connectivity index (χ1v) is 5.21. The van der Waals surface area contributed by atoms with Gasteiger partial charge in [0.1, 0.15) is 12.4 Å². The van der Waals surface area contributed by atoms with Crippen LogP contribution in [0.15, 0.2) is 40.9 Å². The largest absolute Gasteiger partial charge is 0.489 e. The second kappa shape index (κ2) is 5.83. The Morgan fingerprint density at radius 3 is 2.64 bits per heavy atom. The van der Waals surface area contributed by atoms with Gasteiger partial charge in [-0.05, 0) is 36.9 Å². The van der Waals surface area contributed by atoms with Crippen molar-refractivity contribution in [1.29, 1.82) is 0 Å². The van der Waals surface area contributed by atoms with Gasteiger partial charge in [-0.3, -0.25) is 0 Å². The second-order valence-corrected chi connectivity index (χ2v) is 3.94. The highest BCUT2D eigenvalue weighted by atomic mass is 79.9. The molecule has 0 spiro atoms. The third kappa shape index (κ3) is 3.94. The van der Waals surface area contributed by atoms with Crippen LogP contribution in [0.1, 0.15) is 0 Å². The van der Waals surface area contributed by atoms with Crippen LogP contribution in [-0.4, -0.2) is 20.2 Å². The first kappa shape index (κ1) is 11.3. The van der Waals surface area contributed by atoms with E-state index in [9.17, 15) is 0 Å². The van der Waals surface area contributed by atoms with Gasteiger partial charge in [0, 0.05) is 11.0 Å². The lowest BCUT2D eigenvalue weighted by atomic mass is 10.3. The quantitative estimate of drug-likeness (QED) is 0.817. The van der Waals surface area contributed by atoms with E-state index in [0.29, 0.717) is 6.61 Å². The molecule has 0 aliphatic heterocycles. The van der Waals surface area contributed by atoms with Gasteiger partial charge in [-0.15, -0.1) is 0 Å². The van der Waals surface area contributed by atoms with Gasteiger partial charge < -0.3 is 10.1 Å². The van der Waals surface area contributed by atoms with E-state index in [-0.39, 0.29) is 0 Å². The third-order valence-electron chi connectivity index (χ3n) is 1.68. The Hall–Kier alpha value is -0.800. The molecule has 0 atom stereocenters. The van der Waals surface area contributed by atoms with Crippen LogP contribution in [0.2, 0.25) is 0 Å². The van der Waals surface area contributed by atoms with Crippen LogP contribution in [0, 0.1) is 0 Å². The van der Waals surface area contributed by atoms with Crippen molar-refractivity contribution in [3.63, 3.8) is 0 Å². The van der Waals surface area contributed by atoms with Crippen molar-refractivity contribution < 1.29 is 4.74 Å². The van der Waals surface area contributed by atoms with Gasteiger partial charge in [0.2, 0.25) is 0 Å². The maximum Gasteiger partial charge on any atom is 0.119 e. The number of hydrogen-bond acceptors (Lipinski definition) is 2. The van der Waals surface area contributed by atoms with Gasteiger partial charge in [-0.25, -0.2) is 0 Å². The molecule has 0 fully saturated rings. The van der Waals surface area contributed by atoms with Crippen molar-refractivity contribution in [2.45, 2.75) is 0 Å². The number of hydrogen-bond donors (Lipinski definition) is 1. The lowest BCUT2D eigenvalue weighted by Crippen LogP contribution is -2.14. The summed E-state index contributed by atoms with van der Waals surface area (Å²) in [5.74, 6) is 0.866. The molecule has 0 amide bonds. The van der Waals surface area contributed by atoms with E-state index in [4.69, 9.17) is 4.74 Å². The van der Waals surface area contributed by atoms with Crippen LogP contribution in [0.4, 0.5) is 0 Å². The lowest BCUT2D eigenvalue weighted by molar-refractivity contribution is 0.349. The van der Waals surface area contributed by atoms with Gasteiger partial charge in [0.25, 0.3) is 0 Å². The van der Waals surface area contributed by atoms with E-state index in [1.165, 1.54) is 0 Å². The molecule has 0 aliphatic carbocycles. The molecule has 0 bridgehead atoms. The average Bonchev–Trinajstić information content (AvgIpc) is 2.17. The van der Waals surface area contributed by atoms with Gasteiger partial charge in [0.15, 0.2) is 0 Å². The zero-order valence-corrected chi connectivity index (χ0v) is 9.80. The average molecular weight is 256 g/mol. The minimum atomic E-state index is 0.558. The summed E-state index contributed by atoms with van der Waals surface area (Å²) in [6.07, 6.45) is 0. The standard InChI is InChI=1S/C11H14BrNO/c1-9(7-13-2)8-14-11-5-3-10(12)4-6-11/h3-6,13H,1,7-8H2,2H3. The van der Waals surface area contributed by atoms with Gasteiger partial charge in [0.05, 0.1) is 0 Å². The fraction of sp³-hybridized carbons (Fsp3) is 0.273. The minimum absolute atomic E-state index is 0.558. The molecular weight excluding hydrogens is 242 g/mol. The van der Waals surface area contributed by atoms with Crippen molar-refractivity contribution in [2.24, 2.45) is 0 Å². The highest BCUT2D eigenvalue weighted by Gasteiger charge is 1.95. The van der Waals surface area contributed by atoms with Crippen LogP contribution in [0.5, 0.6) is 5.75 Å². The summed E-state index contributed by atoms with van der Waals surface area (Å²) in [6, 6.07) is 7.76. The maximum atomic E-state index is 5.51. The van der Waals surface area contributed by atoms with Crippen LogP contribution in [-0.2, 0) is 0 Å². The predicted octanol–water partition coefficient (Wildman–Crippen LogP) is 2.60. The SMILES string of the molecule is C=C(CNC)COc1ccc(Br)cc1. The van der Waals surface area contributed by atoms with Crippen LogP contribution < -0.4 is 10.1 Å². The molecule has 0 saturated carbocycles. The third-order valence-corrected chi connectivity index (χ3v) is 2.21.